The zero-order valence-corrected chi connectivity index (χ0v) is 35.1. The predicted molar refractivity (Wildman–Crippen MR) is 214 cm³/mol. The Labute approximate surface area is 314 Å². The zero-order chi connectivity index (χ0) is 38.1. The molecule has 0 radical (unpaired) electrons. The Balaban J connectivity index is -0.000000296. The average molecular weight is 766 g/mol. The summed E-state index contributed by atoms with van der Waals surface area (Å²) in [6.45, 7) is 25.1. The van der Waals surface area contributed by atoms with E-state index in [1.165, 1.54) is 77.0 Å². The van der Waals surface area contributed by atoms with Crippen LogP contribution in [0, 0.1) is 0 Å². The van der Waals surface area contributed by atoms with Gasteiger partial charge in [-0.25, -0.2) is 0 Å². The van der Waals surface area contributed by atoms with E-state index < -0.39 is 6.72 Å². The average Bonchev–Trinajstić information content (AvgIpc) is 3.08. The molecular weight excluding hydrogens is 681 g/mol. The van der Waals surface area contributed by atoms with Gasteiger partial charge in [-0.3, -0.25) is 0 Å². The van der Waals surface area contributed by atoms with Crippen LogP contribution in [-0.4, -0.2) is 133 Å². The van der Waals surface area contributed by atoms with Crippen molar-refractivity contribution < 1.29 is 43.1 Å². The first-order valence-electron chi connectivity index (χ1n) is 19.6. The van der Waals surface area contributed by atoms with Crippen molar-refractivity contribution in [2.75, 3.05) is 119 Å². The number of rotatable bonds is 36. The van der Waals surface area contributed by atoms with E-state index >= 15 is 0 Å². The Bertz CT molecular complexity index is 495. The molecule has 0 unspecified atom stereocenters. The van der Waals surface area contributed by atoms with Gasteiger partial charge in [-0.2, -0.15) is 0 Å². The van der Waals surface area contributed by atoms with Crippen LogP contribution in [0.2, 0.25) is 0 Å². The molecule has 0 saturated carbocycles. The lowest BCUT2D eigenvalue weighted by molar-refractivity contribution is 0.118. The number of unbranched alkanes of at least 4 members (excludes halogenated alkanes) is 6. The molecule has 0 fully saturated rings. The molecule has 0 bridgehead atoms. The summed E-state index contributed by atoms with van der Waals surface area (Å²) in [7, 11) is 0. The molecule has 14 heteroatoms. The van der Waals surface area contributed by atoms with E-state index in [1.807, 2.05) is 0 Å². The van der Waals surface area contributed by atoms with Gasteiger partial charge in [0.2, 0.25) is 0 Å². The molecular formula is C36H84N3O9PS. The number of ether oxygens (including phenoxy) is 6. The Morgan fingerprint density at radius 3 is 0.600 bits per heavy atom. The summed E-state index contributed by atoms with van der Waals surface area (Å²) in [6.07, 6.45) is 14.2. The first-order chi connectivity index (χ1) is 24.2. The fourth-order valence-electron chi connectivity index (χ4n) is 3.33. The van der Waals surface area contributed by atoms with Crippen LogP contribution in [0.5, 0.6) is 0 Å². The van der Waals surface area contributed by atoms with Crippen molar-refractivity contribution in [3.63, 3.8) is 0 Å². The van der Waals surface area contributed by atoms with Crippen LogP contribution >= 0.6 is 6.72 Å². The molecule has 50 heavy (non-hydrogen) atoms. The van der Waals surface area contributed by atoms with Crippen LogP contribution < -0.4 is 16.0 Å². The molecule has 0 aromatic heterocycles. The molecule has 6 N–H and O–H groups in total. The molecule has 0 aromatic carbocycles. The molecule has 0 rings (SSSR count). The fraction of sp³-hybridized carbons (Fsp3) is 1.00. The lowest BCUT2D eigenvalue weighted by Crippen LogP contribution is -2.24. The molecule has 0 spiro atoms. The van der Waals surface area contributed by atoms with Crippen LogP contribution in [0.25, 0.3) is 0 Å². The monoisotopic (exact) mass is 766 g/mol. The maximum Gasteiger partial charge on any atom is 0.319 e. The van der Waals surface area contributed by atoms with Gasteiger partial charge in [-0.05, 0) is 50.3 Å². The van der Waals surface area contributed by atoms with Crippen LogP contribution in [0.3, 0.4) is 0 Å². The van der Waals surface area contributed by atoms with Crippen LogP contribution in [-0.2, 0) is 40.2 Å². The highest BCUT2D eigenvalue weighted by Gasteiger charge is 1.93. The molecule has 0 atom stereocenters. The zero-order valence-electron chi connectivity index (χ0n) is 33.4. The largest absolute Gasteiger partial charge is 0.380 e. The minimum absolute atomic E-state index is 0.814. The van der Waals surface area contributed by atoms with E-state index in [4.69, 9.17) is 43.1 Å². The van der Waals surface area contributed by atoms with E-state index in [-0.39, 0.29) is 0 Å². The van der Waals surface area contributed by atoms with E-state index in [1.54, 1.807) is 0 Å². The third kappa shape index (κ3) is 81.9. The SMILES string of the molecule is CCCCOCCNCCOCCCC.CCCCOCCNCCOCCCC.CCCCOCCNCCOCCCC.OP(O)(O)=S. The molecule has 0 aliphatic heterocycles. The van der Waals surface area contributed by atoms with Gasteiger partial charge in [-0.15, -0.1) is 0 Å². The number of hydrogen-bond donors (Lipinski definition) is 6. The molecule has 0 aliphatic carbocycles. The Morgan fingerprint density at radius 2 is 0.480 bits per heavy atom. The summed E-state index contributed by atoms with van der Waals surface area (Å²) in [4.78, 5) is 22.7. The van der Waals surface area contributed by atoms with Gasteiger partial charge >= 0.3 is 6.72 Å². The second kappa shape index (κ2) is 55.9. The molecule has 308 valence electrons. The first-order valence-corrected chi connectivity index (χ1v) is 22.3. The molecule has 0 aliphatic rings. The van der Waals surface area contributed by atoms with Gasteiger partial charge in [0.15, 0.2) is 0 Å². The lowest BCUT2D eigenvalue weighted by Gasteiger charge is -2.06. The highest BCUT2D eigenvalue weighted by molar-refractivity contribution is 8.06. The van der Waals surface area contributed by atoms with Gasteiger partial charge in [0, 0.05) is 78.9 Å². The topological polar surface area (TPSA) is 152 Å². The number of nitrogens with one attached hydrogen (secondary N) is 3. The van der Waals surface area contributed by atoms with E-state index in [9.17, 15) is 0 Å². The van der Waals surface area contributed by atoms with Crippen molar-refractivity contribution in [3.05, 3.63) is 0 Å². The summed E-state index contributed by atoms with van der Waals surface area (Å²) < 4.78 is 32.5. The summed E-state index contributed by atoms with van der Waals surface area (Å²) in [5, 5.41) is 9.87. The van der Waals surface area contributed by atoms with Gasteiger partial charge < -0.3 is 59.1 Å². The van der Waals surface area contributed by atoms with Crippen molar-refractivity contribution in [1.29, 1.82) is 0 Å². The first kappa shape index (κ1) is 56.9. The van der Waals surface area contributed by atoms with Crippen LogP contribution in [0.1, 0.15) is 119 Å². The second-order valence-electron chi connectivity index (χ2n) is 11.6. The van der Waals surface area contributed by atoms with Gasteiger partial charge in [-0.1, -0.05) is 80.1 Å². The number of hydrogen-bond acceptors (Lipinski definition) is 10. The fourth-order valence-corrected chi connectivity index (χ4v) is 3.33. The molecule has 0 heterocycles. The maximum atomic E-state index is 7.56. The molecule has 0 aromatic rings. The van der Waals surface area contributed by atoms with Gasteiger partial charge in [0.25, 0.3) is 0 Å². The smallest absolute Gasteiger partial charge is 0.319 e. The van der Waals surface area contributed by atoms with Crippen molar-refractivity contribution >= 4 is 18.5 Å². The second-order valence-corrected chi connectivity index (χ2v) is 14.1. The van der Waals surface area contributed by atoms with E-state index in [0.29, 0.717) is 0 Å². The summed E-state index contributed by atoms with van der Waals surface area (Å²) in [6, 6.07) is 0. The standard InChI is InChI=1S/3C12H27NO2.H3O3PS/c3*1-3-5-9-14-11-7-13-8-12-15-10-6-4-2;1-4(2,3)5/h3*13H,3-12H2,1-2H3;(H3,1,2,3,5). The normalized spacial score (nSPS) is 10.9. The lowest BCUT2D eigenvalue weighted by atomic mass is 10.4. The maximum absolute atomic E-state index is 7.56. The third-order valence-corrected chi connectivity index (χ3v) is 6.39. The van der Waals surface area contributed by atoms with Crippen molar-refractivity contribution in [1.82, 2.24) is 16.0 Å². The Morgan fingerprint density at radius 1 is 0.340 bits per heavy atom. The summed E-state index contributed by atoms with van der Waals surface area (Å²) in [5.41, 5.74) is 0. The minimum atomic E-state index is -3.81. The third-order valence-electron chi connectivity index (χ3n) is 6.39. The van der Waals surface area contributed by atoms with Gasteiger partial charge in [0.05, 0.1) is 39.6 Å². The molecule has 0 amide bonds. The highest BCUT2D eigenvalue weighted by atomic mass is 32.5. The van der Waals surface area contributed by atoms with E-state index in [2.05, 4.69) is 69.3 Å². The Kier molecular flexibility index (Phi) is 63.6. The predicted octanol–water partition coefficient (Wildman–Crippen LogP) is 5.82. The highest BCUT2D eigenvalue weighted by Crippen LogP contribution is 2.26. The van der Waals surface area contributed by atoms with Gasteiger partial charge in [0.1, 0.15) is 0 Å². The van der Waals surface area contributed by atoms with Crippen molar-refractivity contribution in [2.24, 2.45) is 0 Å². The quantitative estimate of drug-likeness (QED) is 0.0336. The van der Waals surface area contributed by atoms with Crippen molar-refractivity contribution in [2.45, 2.75) is 119 Å². The minimum Gasteiger partial charge on any atom is -0.380 e. The summed E-state index contributed by atoms with van der Waals surface area (Å²) >= 11 is 3.60. The van der Waals surface area contributed by atoms with Crippen LogP contribution in [0.4, 0.5) is 0 Å². The molecule has 0 saturated heterocycles. The Hall–Kier alpha value is 0.170. The van der Waals surface area contributed by atoms with E-state index in [0.717, 1.165) is 119 Å². The molecule has 12 nitrogen and oxygen atoms in total. The van der Waals surface area contributed by atoms with Crippen molar-refractivity contribution in [3.8, 4) is 0 Å². The summed E-state index contributed by atoms with van der Waals surface area (Å²) in [5.74, 6) is 0. The van der Waals surface area contributed by atoms with Crippen LogP contribution in [0.15, 0.2) is 0 Å².